The number of aromatic carboxylic acids is 1. The van der Waals surface area contributed by atoms with E-state index in [1.807, 2.05) is 6.92 Å². The number of amides is 1. The lowest BCUT2D eigenvalue weighted by molar-refractivity contribution is 0.0697. The van der Waals surface area contributed by atoms with Crippen LogP contribution in [0.15, 0.2) is 28.1 Å². The van der Waals surface area contributed by atoms with Gasteiger partial charge in [-0.15, -0.1) is 11.3 Å². The molecular weight excluding hydrogens is 342 g/mol. The monoisotopic (exact) mass is 353 g/mol. The van der Waals surface area contributed by atoms with E-state index in [-0.39, 0.29) is 11.5 Å². The average molecular weight is 354 g/mol. The summed E-state index contributed by atoms with van der Waals surface area (Å²) in [6, 6.07) is 6.77. The van der Waals surface area contributed by atoms with Crippen molar-refractivity contribution in [3.63, 3.8) is 0 Å². The smallest absolute Gasteiger partial charge is 0.338 e. The van der Waals surface area contributed by atoms with Crippen molar-refractivity contribution >= 4 is 44.8 Å². The molecule has 0 fully saturated rings. The quantitative estimate of drug-likeness (QED) is 0.873. The third kappa shape index (κ3) is 2.91. The van der Waals surface area contributed by atoms with Crippen LogP contribution >= 0.6 is 27.3 Å². The van der Waals surface area contributed by atoms with Gasteiger partial charge in [-0.3, -0.25) is 4.79 Å². The first kappa shape index (κ1) is 14.7. The van der Waals surface area contributed by atoms with Crippen LogP contribution in [-0.2, 0) is 0 Å². The molecule has 1 amide bonds. The molecule has 0 aliphatic heterocycles. The second-order valence-corrected chi connectivity index (χ2v) is 6.69. The van der Waals surface area contributed by atoms with Gasteiger partial charge in [0.15, 0.2) is 0 Å². The third-order valence-electron chi connectivity index (χ3n) is 2.82. The third-order valence-corrected chi connectivity index (χ3v) is 4.95. The van der Waals surface area contributed by atoms with Crippen molar-refractivity contribution in [3.05, 3.63) is 49.6 Å². The number of carboxylic acids is 1. The molecular formula is C14H12BrNO3S. The first-order valence-corrected chi connectivity index (χ1v) is 7.41. The molecule has 1 aromatic heterocycles. The fourth-order valence-corrected chi connectivity index (χ4v) is 3.24. The Morgan fingerprint density at radius 3 is 2.50 bits per heavy atom. The van der Waals surface area contributed by atoms with Crippen LogP contribution in [0, 0.1) is 13.8 Å². The van der Waals surface area contributed by atoms with E-state index in [0.717, 1.165) is 9.35 Å². The van der Waals surface area contributed by atoms with Gasteiger partial charge in [0.1, 0.15) is 0 Å². The average Bonchev–Trinajstić information content (AvgIpc) is 2.69. The molecule has 2 aromatic rings. The standard InChI is InChI=1S/C14H12BrNO3S/c1-7-4-3-5-9(11(7)14(18)19)16-13(17)10-6-8(2)12(15)20-10/h3-6H,1-2H3,(H,16,17)(H,18,19). The van der Waals surface area contributed by atoms with Gasteiger partial charge in [-0.25, -0.2) is 4.79 Å². The largest absolute Gasteiger partial charge is 0.478 e. The number of anilines is 1. The number of halogens is 1. The molecule has 6 heteroatoms. The highest BCUT2D eigenvalue weighted by Crippen LogP contribution is 2.28. The van der Waals surface area contributed by atoms with E-state index in [9.17, 15) is 14.7 Å². The van der Waals surface area contributed by atoms with Crippen molar-refractivity contribution in [3.8, 4) is 0 Å². The number of nitrogens with one attached hydrogen (secondary N) is 1. The lowest BCUT2D eigenvalue weighted by Crippen LogP contribution is -2.14. The van der Waals surface area contributed by atoms with Gasteiger partial charge >= 0.3 is 5.97 Å². The van der Waals surface area contributed by atoms with Gasteiger partial charge in [0.05, 0.1) is 19.9 Å². The van der Waals surface area contributed by atoms with Crippen LogP contribution in [0.2, 0.25) is 0 Å². The Kier molecular flexibility index (Phi) is 4.25. The predicted octanol–water partition coefficient (Wildman–Crippen LogP) is 4.08. The Hall–Kier alpha value is -1.66. The molecule has 0 spiro atoms. The number of carbonyl (C=O) groups excluding carboxylic acids is 1. The number of carboxylic acid groups (broad SMARTS) is 1. The van der Waals surface area contributed by atoms with Crippen LogP contribution < -0.4 is 5.32 Å². The summed E-state index contributed by atoms with van der Waals surface area (Å²) < 4.78 is 0.894. The van der Waals surface area contributed by atoms with E-state index in [4.69, 9.17) is 0 Å². The maximum atomic E-state index is 12.2. The molecule has 0 aliphatic carbocycles. The maximum absolute atomic E-state index is 12.2. The minimum Gasteiger partial charge on any atom is -0.478 e. The number of carbonyl (C=O) groups is 2. The first-order valence-electron chi connectivity index (χ1n) is 5.80. The lowest BCUT2D eigenvalue weighted by Gasteiger charge is -2.09. The van der Waals surface area contributed by atoms with E-state index >= 15 is 0 Å². The predicted molar refractivity (Wildman–Crippen MR) is 82.8 cm³/mol. The Morgan fingerprint density at radius 2 is 1.95 bits per heavy atom. The molecule has 0 atom stereocenters. The van der Waals surface area contributed by atoms with E-state index < -0.39 is 5.97 Å². The highest BCUT2D eigenvalue weighted by Gasteiger charge is 2.17. The van der Waals surface area contributed by atoms with E-state index in [1.54, 1.807) is 31.2 Å². The van der Waals surface area contributed by atoms with Gasteiger partial charge in [0.2, 0.25) is 0 Å². The SMILES string of the molecule is Cc1cc(C(=O)Nc2cccc(C)c2C(=O)O)sc1Br. The van der Waals surface area contributed by atoms with Gasteiger partial charge in [-0.1, -0.05) is 12.1 Å². The summed E-state index contributed by atoms with van der Waals surface area (Å²) in [5, 5.41) is 11.9. The van der Waals surface area contributed by atoms with E-state index in [2.05, 4.69) is 21.2 Å². The van der Waals surface area contributed by atoms with Crippen LogP contribution in [0.5, 0.6) is 0 Å². The molecule has 0 radical (unpaired) electrons. The number of rotatable bonds is 3. The van der Waals surface area contributed by atoms with Crippen molar-refractivity contribution < 1.29 is 14.7 Å². The highest BCUT2D eigenvalue weighted by molar-refractivity contribution is 9.11. The van der Waals surface area contributed by atoms with Crippen molar-refractivity contribution in [2.24, 2.45) is 0 Å². The van der Waals surface area contributed by atoms with Crippen molar-refractivity contribution in [1.29, 1.82) is 0 Å². The molecule has 0 saturated carbocycles. The van der Waals surface area contributed by atoms with E-state index in [1.165, 1.54) is 11.3 Å². The van der Waals surface area contributed by atoms with Crippen LogP contribution in [0.4, 0.5) is 5.69 Å². The Labute approximate surface area is 128 Å². The van der Waals surface area contributed by atoms with E-state index in [0.29, 0.717) is 16.1 Å². The van der Waals surface area contributed by atoms with Crippen molar-refractivity contribution in [1.82, 2.24) is 0 Å². The minimum absolute atomic E-state index is 0.119. The molecule has 0 aliphatic rings. The number of benzene rings is 1. The zero-order valence-corrected chi connectivity index (χ0v) is 13.3. The van der Waals surface area contributed by atoms with Crippen molar-refractivity contribution in [2.45, 2.75) is 13.8 Å². The summed E-state index contributed by atoms with van der Waals surface area (Å²) in [5.41, 5.74) is 2.01. The summed E-state index contributed by atoms with van der Waals surface area (Å²) >= 11 is 4.68. The molecule has 1 aromatic carbocycles. The fraction of sp³-hybridized carbons (Fsp3) is 0.143. The maximum Gasteiger partial charge on any atom is 0.338 e. The number of hydrogen-bond donors (Lipinski definition) is 2. The molecule has 2 rings (SSSR count). The summed E-state index contributed by atoms with van der Waals surface area (Å²) in [6.07, 6.45) is 0. The number of aryl methyl sites for hydroxylation is 2. The van der Waals surface area contributed by atoms with Gasteiger partial charge in [0, 0.05) is 0 Å². The Balaban J connectivity index is 2.33. The molecule has 1 heterocycles. The zero-order valence-electron chi connectivity index (χ0n) is 10.9. The normalized spacial score (nSPS) is 10.3. The summed E-state index contributed by atoms with van der Waals surface area (Å²) in [6.45, 7) is 3.59. The first-order chi connectivity index (χ1) is 9.40. The second kappa shape index (κ2) is 5.76. The van der Waals surface area contributed by atoms with Gasteiger partial charge in [-0.05, 0) is 53.0 Å². The van der Waals surface area contributed by atoms with Crippen LogP contribution in [-0.4, -0.2) is 17.0 Å². The highest BCUT2D eigenvalue weighted by atomic mass is 79.9. The topological polar surface area (TPSA) is 66.4 Å². The Bertz CT molecular complexity index is 674. The second-order valence-electron chi connectivity index (χ2n) is 4.32. The zero-order chi connectivity index (χ0) is 14.9. The Morgan fingerprint density at radius 1 is 1.25 bits per heavy atom. The summed E-state index contributed by atoms with van der Waals surface area (Å²) in [5.74, 6) is -1.36. The number of thiophene rings is 1. The molecule has 0 bridgehead atoms. The van der Waals surface area contributed by atoms with Crippen LogP contribution in [0.3, 0.4) is 0 Å². The van der Waals surface area contributed by atoms with Crippen molar-refractivity contribution in [2.75, 3.05) is 5.32 Å². The molecule has 0 saturated heterocycles. The molecule has 4 nitrogen and oxygen atoms in total. The summed E-state index contributed by atoms with van der Waals surface area (Å²) in [4.78, 5) is 23.9. The minimum atomic E-state index is -1.05. The fourth-order valence-electron chi connectivity index (χ4n) is 1.81. The van der Waals surface area contributed by atoms with Crippen LogP contribution in [0.25, 0.3) is 0 Å². The molecule has 0 unspecified atom stereocenters. The summed E-state index contributed by atoms with van der Waals surface area (Å²) in [7, 11) is 0. The molecule has 20 heavy (non-hydrogen) atoms. The number of hydrogen-bond acceptors (Lipinski definition) is 3. The lowest BCUT2D eigenvalue weighted by atomic mass is 10.1. The van der Waals surface area contributed by atoms with Crippen LogP contribution in [0.1, 0.15) is 31.2 Å². The van der Waals surface area contributed by atoms with Gasteiger partial charge in [0.25, 0.3) is 5.91 Å². The molecule has 104 valence electrons. The van der Waals surface area contributed by atoms with Gasteiger partial charge in [-0.2, -0.15) is 0 Å². The molecule has 2 N–H and O–H groups in total. The van der Waals surface area contributed by atoms with Gasteiger partial charge < -0.3 is 10.4 Å².